The molecule has 0 aromatic carbocycles. The molecule has 0 saturated carbocycles. The van der Waals surface area contributed by atoms with Crippen LogP contribution in [0.25, 0.3) is 0 Å². The number of aliphatic hydroxyl groups excluding tert-OH is 4. The summed E-state index contributed by atoms with van der Waals surface area (Å²) in [6, 6.07) is 0. The number of esters is 1. The van der Waals surface area contributed by atoms with Crippen molar-refractivity contribution in [2.24, 2.45) is 17.8 Å². The second-order valence-electron chi connectivity index (χ2n) is 9.27. The van der Waals surface area contributed by atoms with Gasteiger partial charge < -0.3 is 30.5 Å². The van der Waals surface area contributed by atoms with E-state index < -0.39 is 42.4 Å². The Morgan fingerprint density at radius 1 is 1.00 bits per heavy atom. The van der Waals surface area contributed by atoms with Crippen molar-refractivity contribution in [3.8, 4) is 0 Å². The third kappa shape index (κ3) is 6.32. The molecule has 178 valence electrons. The van der Waals surface area contributed by atoms with Gasteiger partial charge >= 0.3 is 5.97 Å². The van der Waals surface area contributed by atoms with Crippen LogP contribution >= 0.6 is 0 Å². The summed E-state index contributed by atoms with van der Waals surface area (Å²) in [5.74, 6) is -1.78. The van der Waals surface area contributed by atoms with Crippen molar-refractivity contribution in [1.29, 1.82) is 0 Å². The molecule has 0 amide bonds. The Morgan fingerprint density at radius 2 is 1.78 bits per heavy atom. The highest BCUT2D eigenvalue weighted by molar-refractivity contribution is 5.75. The molecule has 32 heavy (non-hydrogen) atoms. The fourth-order valence-corrected chi connectivity index (χ4v) is 4.45. The smallest absolute Gasteiger partial charge is 0.312 e. The number of hydrogen-bond acceptors (Lipinski definition) is 7. The molecular formula is C25H37NO6. The summed E-state index contributed by atoms with van der Waals surface area (Å²) in [4.78, 5) is 13.0. The Kier molecular flexibility index (Phi) is 8.71. The van der Waals surface area contributed by atoms with E-state index in [1.54, 1.807) is 31.2 Å². The Hall–Kier alpha value is -1.93. The fraction of sp³-hybridized carbons (Fsp3) is 0.640. The molecule has 2 aliphatic carbocycles. The summed E-state index contributed by atoms with van der Waals surface area (Å²) >= 11 is 0. The average molecular weight is 448 g/mol. The van der Waals surface area contributed by atoms with Crippen molar-refractivity contribution in [1.82, 2.24) is 5.32 Å². The van der Waals surface area contributed by atoms with Crippen LogP contribution in [0.2, 0.25) is 0 Å². The first-order valence-corrected chi connectivity index (χ1v) is 11.7. The number of nitrogens with one attached hydrogen (secondary N) is 1. The van der Waals surface area contributed by atoms with Crippen LogP contribution in [0.1, 0.15) is 52.4 Å². The van der Waals surface area contributed by atoms with Crippen molar-refractivity contribution in [2.45, 2.75) is 82.9 Å². The number of aliphatic hydroxyl groups is 4. The lowest BCUT2D eigenvalue weighted by molar-refractivity contribution is -0.160. The van der Waals surface area contributed by atoms with E-state index in [2.05, 4.69) is 11.4 Å². The summed E-state index contributed by atoms with van der Waals surface area (Å²) in [5.41, 5.74) is 2.01. The molecule has 3 rings (SSSR count). The van der Waals surface area contributed by atoms with Crippen molar-refractivity contribution < 1.29 is 30.0 Å². The third-order valence-corrected chi connectivity index (χ3v) is 6.70. The lowest BCUT2D eigenvalue weighted by Crippen LogP contribution is -2.41. The van der Waals surface area contributed by atoms with Gasteiger partial charge in [0.25, 0.3) is 0 Å². The van der Waals surface area contributed by atoms with Gasteiger partial charge in [-0.1, -0.05) is 37.3 Å². The minimum Gasteiger partial charge on any atom is -0.462 e. The maximum absolute atomic E-state index is 13.0. The molecule has 5 N–H and O–H groups in total. The van der Waals surface area contributed by atoms with Gasteiger partial charge in [-0.3, -0.25) is 4.79 Å². The van der Waals surface area contributed by atoms with Gasteiger partial charge in [0.1, 0.15) is 18.3 Å². The molecule has 0 spiro atoms. The maximum Gasteiger partial charge on any atom is 0.312 e. The number of carbonyl (C=O) groups is 1. The first-order valence-electron chi connectivity index (χ1n) is 11.7. The Labute approximate surface area is 190 Å². The number of cyclic esters (lactones) is 1. The number of carbonyl (C=O) groups excluding carboxylic acids is 1. The van der Waals surface area contributed by atoms with Crippen molar-refractivity contribution in [2.75, 3.05) is 0 Å². The van der Waals surface area contributed by atoms with Crippen LogP contribution in [0.4, 0.5) is 0 Å². The molecule has 7 nitrogen and oxygen atoms in total. The molecule has 5 unspecified atom stereocenters. The number of hydrogen-bond donors (Lipinski definition) is 5. The zero-order chi connectivity index (χ0) is 23.3. The summed E-state index contributed by atoms with van der Waals surface area (Å²) in [6.45, 7) is 3.60. The van der Waals surface area contributed by atoms with Gasteiger partial charge in [-0.05, 0) is 57.4 Å². The SMILES string of the molecule is CC1OC(=O)C2C(/C=C/CC(O)C(O)[C@@H](O)/C=C\[C@H]1C)CC(NC1=CCCCC1)=C[C@H]2O. The number of rotatable bonds is 2. The molecule has 0 bridgehead atoms. The van der Waals surface area contributed by atoms with Gasteiger partial charge in [-0.25, -0.2) is 0 Å². The molecule has 7 heteroatoms. The van der Waals surface area contributed by atoms with E-state index in [1.807, 2.05) is 6.92 Å². The molecule has 0 saturated heterocycles. The average Bonchev–Trinajstić information content (AvgIpc) is 2.76. The Bertz CT molecular complexity index is 772. The molecule has 1 heterocycles. The van der Waals surface area contributed by atoms with E-state index in [-0.39, 0.29) is 18.3 Å². The quantitative estimate of drug-likeness (QED) is 0.325. The summed E-state index contributed by atoms with van der Waals surface area (Å²) in [7, 11) is 0. The minimum absolute atomic E-state index is 0.115. The van der Waals surface area contributed by atoms with Crippen molar-refractivity contribution in [3.05, 3.63) is 47.9 Å². The molecular weight excluding hydrogens is 410 g/mol. The largest absolute Gasteiger partial charge is 0.462 e. The van der Waals surface area contributed by atoms with Crippen LogP contribution in [0.3, 0.4) is 0 Å². The zero-order valence-corrected chi connectivity index (χ0v) is 18.9. The van der Waals surface area contributed by atoms with Crippen LogP contribution in [0.5, 0.6) is 0 Å². The molecule has 0 aromatic rings. The van der Waals surface area contributed by atoms with Crippen LogP contribution in [-0.2, 0) is 9.53 Å². The fourth-order valence-electron chi connectivity index (χ4n) is 4.45. The van der Waals surface area contributed by atoms with E-state index in [0.717, 1.165) is 30.7 Å². The third-order valence-electron chi connectivity index (χ3n) is 6.70. The number of fused-ring (bicyclic) bond motifs is 1. The first-order chi connectivity index (χ1) is 15.3. The lowest BCUT2D eigenvalue weighted by atomic mass is 9.79. The van der Waals surface area contributed by atoms with Gasteiger partial charge in [0.2, 0.25) is 0 Å². The van der Waals surface area contributed by atoms with Gasteiger partial charge in [0.05, 0.1) is 18.1 Å². The Morgan fingerprint density at radius 3 is 2.50 bits per heavy atom. The summed E-state index contributed by atoms with van der Waals surface area (Å²) in [5, 5.41) is 44.9. The first kappa shape index (κ1) is 24.7. The molecule has 3 aliphatic rings. The second kappa shape index (κ2) is 11.3. The highest BCUT2D eigenvalue weighted by Crippen LogP contribution is 2.33. The maximum atomic E-state index is 13.0. The summed E-state index contributed by atoms with van der Waals surface area (Å²) < 4.78 is 5.68. The zero-order valence-electron chi connectivity index (χ0n) is 18.9. The van der Waals surface area contributed by atoms with E-state index in [1.165, 1.54) is 12.5 Å². The van der Waals surface area contributed by atoms with Crippen LogP contribution in [-0.4, -0.2) is 56.9 Å². The van der Waals surface area contributed by atoms with E-state index in [9.17, 15) is 25.2 Å². The highest BCUT2D eigenvalue weighted by Gasteiger charge is 2.39. The second-order valence-corrected chi connectivity index (χ2v) is 9.27. The topological polar surface area (TPSA) is 119 Å². The number of ether oxygens (including phenoxy) is 1. The van der Waals surface area contributed by atoms with Crippen LogP contribution < -0.4 is 5.32 Å². The monoisotopic (exact) mass is 447 g/mol. The van der Waals surface area contributed by atoms with Gasteiger partial charge in [0, 0.05) is 17.3 Å². The Balaban J connectivity index is 1.84. The molecule has 0 aromatic heterocycles. The molecule has 0 radical (unpaired) electrons. The lowest BCUT2D eigenvalue weighted by Gasteiger charge is -2.34. The van der Waals surface area contributed by atoms with E-state index >= 15 is 0 Å². The molecule has 0 fully saturated rings. The number of allylic oxidation sites excluding steroid dienone is 4. The van der Waals surface area contributed by atoms with Crippen molar-refractivity contribution >= 4 is 5.97 Å². The van der Waals surface area contributed by atoms with Gasteiger partial charge in [-0.15, -0.1) is 0 Å². The van der Waals surface area contributed by atoms with E-state index in [4.69, 9.17) is 4.74 Å². The molecule has 8 atom stereocenters. The summed E-state index contributed by atoms with van der Waals surface area (Å²) in [6.07, 6.45) is 10.2. The predicted octanol–water partition coefficient (Wildman–Crippen LogP) is 2.08. The van der Waals surface area contributed by atoms with Gasteiger partial charge in [0.15, 0.2) is 0 Å². The van der Waals surface area contributed by atoms with E-state index in [0.29, 0.717) is 6.42 Å². The van der Waals surface area contributed by atoms with Crippen LogP contribution in [0, 0.1) is 17.8 Å². The van der Waals surface area contributed by atoms with Gasteiger partial charge in [-0.2, -0.15) is 0 Å². The normalized spacial score (nSPS) is 41.2. The minimum atomic E-state index is -1.33. The highest BCUT2D eigenvalue weighted by atomic mass is 16.5. The van der Waals surface area contributed by atoms with Crippen molar-refractivity contribution in [3.63, 3.8) is 0 Å². The standard InChI is InChI=1S/C25H37NO6/c1-15-11-12-21(28)24(30)20(27)10-6-7-17-13-19(26-18-8-4-3-5-9-18)14-22(29)23(17)25(31)32-16(15)2/h6-8,11-12,14-17,20-24,26-30H,3-5,9-10,13H2,1-2H3/b7-6+,12-11-/t15-,16?,17?,20?,21+,22-,23?,24?/m1/s1. The van der Waals surface area contributed by atoms with Crippen LogP contribution in [0.15, 0.2) is 47.9 Å². The predicted molar refractivity (Wildman–Crippen MR) is 121 cm³/mol. The molecule has 1 aliphatic heterocycles.